The normalized spacial score (nSPS) is 10.8. The monoisotopic (exact) mass is 288 g/mol. The smallest absolute Gasteiger partial charge is 0.303 e. The second-order valence-corrected chi connectivity index (χ2v) is 5.10. The molecule has 0 aliphatic rings. The summed E-state index contributed by atoms with van der Waals surface area (Å²) in [6, 6.07) is 7.78. The molecule has 1 aromatic heterocycles. The Morgan fingerprint density at radius 2 is 2.00 bits per heavy atom. The molecule has 0 radical (unpaired) electrons. The van der Waals surface area contributed by atoms with Gasteiger partial charge in [-0.2, -0.15) is 0 Å². The Hall–Kier alpha value is -2.30. The molecule has 0 fully saturated rings. The van der Waals surface area contributed by atoms with E-state index in [1.165, 1.54) is 0 Å². The Morgan fingerprint density at radius 3 is 2.67 bits per heavy atom. The summed E-state index contributed by atoms with van der Waals surface area (Å²) >= 11 is 0. The van der Waals surface area contributed by atoms with Crippen molar-refractivity contribution in [1.29, 1.82) is 0 Å². The number of hydrogen-bond acceptors (Lipinski definition) is 2. The fraction of sp³-hybridized carbons (Fsp3) is 0.375. The summed E-state index contributed by atoms with van der Waals surface area (Å²) < 4.78 is 1.90. The Morgan fingerprint density at radius 1 is 1.29 bits per heavy atom. The average Bonchev–Trinajstić information content (AvgIpc) is 2.82. The van der Waals surface area contributed by atoms with Gasteiger partial charge in [0, 0.05) is 37.1 Å². The van der Waals surface area contributed by atoms with Crippen molar-refractivity contribution in [2.45, 2.75) is 26.3 Å². The molecule has 0 bridgehead atoms. The van der Waals surface area contributed by atoms with Crippen LogP contribution in [-0.4, -0.2) is 40.0 Å². The van der Waals surface area contributed by atoms with Crippen LogP contribution in [0, 0.1) is 0 Å². The SMILES string of the molecule is CCN(C)C(=O)Cn1cc(CCC(=O)O)c2ccccc21. The molecule has 1 N–H and O–H groups in total. The molecule has 2 aromatic rings. The van der Waals surface area contributed by atoms with Gasteiger partial charge >= 0.3 is 5.97 Å². The topological polar surface area (TPSA) is 62.5 Å². The van der Waals surface area contributed by atoms with Gasteiger partial charge in [-0.05, 0) is 25.0 Å². The van der Waals surface area contributed by atoms with Crippen molar-refractivity contribution in [3.8, 4) is 0 Å². The van der Waals surface area contributed by atoms with Gasteiger partial charge in [0.15, 0.2) is 0 Å². The Labute approximate surface area is 123 Å². The molecule has 0 unspecified atom stereocenters. The van der Waals surface area contributed by atoms with Crippen LogP contribution in [0.3, 0.4) is 0 Å². The van der Waals surface area contributed by atoms with Crippen molar-refractivity contribution in [2.75, 3.05) is 13.6 Å². The summed E-state index contributed by atoms with van der Waals surface area (Å²) in [7, 11) is 1.78. The van der Waals surface area contributed by atoms with Crippen molar-refractivity contribution < 1.29 is 14.7 Å². The molecule has 0 aliphatic carbocycles. The van der Waals surface area contributed by atoms with E-state index >= 15 is 0 Å². The number of carbonyl (C=O) groups is 2. The van der Waals surface area contributed by atoms with Crippen LogP contribution in [0.25, 0.3) is 10.9 Å². The number of benzene rings is 1. The molecule has 112 valence electrons. The number of aliphatic carboxylic acids is 1. The van der Waals surface area contributed by atoms with Crippen LogP contribution in [-0.2, 0) is 22.6 Å². The number of nitrogens with zero attached hydrogens (tertiary/aromatic N) is 2. The molecule has 0 atom stereocenters. The maximum Gasteiger partial charge on any atom is 0.303 e. The lowest BCUT2D eigenvalue weighted by Crippen LogP contribution is -2.29. The number of likely N-dealkylation sites (N-methyl/N-ethyl adjacent to an activating group) is 1. The van der Waals surface area contributed by atoms with E-state index in [1.807, 2.05) is 42.0 Å². The van der Waals surface area contributed by atoms with Crippen LogP contribution in [0.5, 0.6) is 0 Å². The van der Waals surface area contributed by atoms with Crippen LogP contribution in [0.1, 0.15) is 18.9 Å². The second kappa shape index (κ2) is 6.43. The number of para-hydroxylation sites is 1. The van der Waals surface area contributed by atoms with E-state index in [4.69, 9.17) is 5.11 Å². The third-order valence-electron chi connectivity index (χ3n) is 3.69. The van der Waals surface area contributed by atoms with Gasteiger partial charge in [-0.3, -0.25) is 9.59 Å². The molecule has 0 aliphatic heterocycles. The molecule has 21 heavy (non-hydrogen) atoms. The number of hydrogen-bond donors (Lipinski definition) is 1. The molecule has 1 aromatic carbocycles. The zero-order valence-corrected chi connectivity index (χ0v) is 12.4. The van der Waals surface area contributed by atoms with Gasteiger partial charge in [-0.1, -0.05) is 18.2 Å². The first kappa shape index (κ1) is 15.1. The van der Waals surface area contributed by atoms with Gasteiger partial charge in [-0.15, -0.1) is 0 Å². The van der Waals surface area contributed by atoms with Crippen molar-refractivity contribution in [2.24, 2.45) is 0 Å². The van der Waals surface area contributed by atoms with E-state index < -0.39 is 5.97 Å². The minimum absolute atomic E-state index is 0.0445. The molecular formula is C16H20N2O3. The number of aryl methyl sites for hydroxylation is 1. The lowest BCUT2D eigenvalue weighted by atomic mass is 10.1. The lowest BCUT2D eigenvalue weighted by Gasteiger charge is -2.15. The van der Waals surface area contributed by atoms with E-state index in [-0.39, 0.29) is 18.9 Å². The Kier molecular flexibility index (Phi) is 4.62. The van der Waals surface area contributed by atoms with E-state index in [2.05, 4.69) is 0 Å². The molecule has 0 spiro atoms. The van der Waals surface area contributed by atoms with E-state index in [1.54, 1.807) is 11.9 Å². The predicted octanol–water partition coefficient (Wildman–Crippen LogP) is 2.14. The zero-order valence-electron chi connectivity index (χ0n) is 12.4. The van der Waals surface area contributed by atoms with Crippen LogP contribution < -0.4 is 0 Å². The van der Waals surface area contributed by atoms with Gasteiger partial charge in [0.1, 0.15) is 6.54 Å². The number of aromatic nitrogens is 1. The van der Waals surface area contributed by atoms with E-state index in [0.717, 1.165) is 16.5 Å². The number of fused-ring (bicyclic) bond motifs is 1. The van der Waals surface area contributed by atoms with Crippen molar-refractivity contribution in [1.82, 2.24) is 9.47 Å². The largest absolute Gasteiger partial charge is 0.481 e. The van der Waals surface area contributed by atoms with Gasteiger partial charge in [0.2, 0.25) is 5.91 Å². The summed E-state index contributed by atoms with van der Waals surface area (Å²) in [5.41, 5.74) is 1.94. The number of rotatable bonds is 6. The molecule has 2 rings (SSSR count). The lowest BCUT2D eigenvalue weighted by molar-refractivity contribution is -0.137. The third-order valence-corrected chi connectivity index (χ3v) is 3.69. The summed E-state index contributed by atoms with van der Waals surface area (Å²) in [5.74, 6) is -0.767. The minimum atomic E-state index is -0.811. The summed E-state index contributed by atoms with van der Waals surface area (Å²) in [6.45, 7) is 2.88. The highest BCUT2D eigenvalue weighted by Crippen LogP contribution is 2.22. The zero-order chi connectivity index (χ0) is 15.4. The number of amides is 1. The van der Waals surface area contributed by atoms with E-state index in [0.29, 0.717) is 13.0 Å². The third kappa shape index (κ3) is 3.42. The Bertz CT molecular complexity index is 661. The first-order valence-electron chi connectivity index (χ1n) is 7.05. The maximum absolute atomic E-state index is 12.1. The van der Waals surface area contributed by atoms with Gasteiger partial charge < -0.3 is 14.6 Å². The fourth-order valence-electron chi connectivity index (χ4n) is 2.34. The summed E-state index contributed by atoms with van der Waals surface area (Å²) in [6.07, 6.45) is 2.46. The molecule has 5 heteroatoms. The molecular weight excluding hydrogens is 268 g/mol. The standard InChI is InChI=1S/C16H20N2O3/c1-3-17(2)15(19)11-18-10-12(8-9-16(20)21)13-6-4-5-7-14(13)18/h4-7,10H,3,8-9,11H2,1-2H3,(H,20,21). The first-order valence-corrected chi connectivity index (χ1v) is 7.05. The number of carboxylic acids is 1. The highest BCUT2D eigenvalue weighted by molar-refractivity contribution is 5.86. The quantitative estimate of drug-likeness (QED) is 0.885. The Balaban J connectivity index is 2.31. The maximum atomic E-state index is 12.1. The molecule has 5 nitrogen and oxygen atoms in total. The van der Waals surface area contributed by atoms with Crippen LogP contribution in [0.15, 0.2) is 30.5 Å². The average molecular weight is 288 g/mol. The van der Waals surface area contributed by atoms with E-state index in [9.17, 15) is 9.59 Å². The van der Waals surface area contributed by atoms with Crippen molar-refractivity contribution >= 4 is 22.8 Å². The summed E-state index contributed by atoms with van der Waals surface area (Å²) in [5, 5.41) is 9.86. The fourth-order valence-corrected chi connectivity index (χ4v) is 2.34. The molecule has 0 saturated carbocycles. The van der Waals surface area contributed by atoms with Crippen molar-refractivity contribution in [3.05, 3.63) is 36.0 Å². The highest BCUT2D eigenvalue weighted by atomic mass is 16.4. The predicted molar refractivity (Wildman–Crippen MR) is 81.2 cm³/mol. The first-order chi connectivity index (χ1) is 10.0. The van der Waals surface area contributed by atoms with Gasteiger partial charge in [-0.25, -0.2) is 0 Å². The van der Waals surface area contributed by atoms with Gasteiger partial charge in [0.05, 0.1) is 0 Å². The highest BCUT2D eigenvalue weighted by Gasteiger charge is 2.13. The molecule has 1 heterocycles. The molecule has 1 amide bonds. The van der Waals surface area contributed by atoms with Crippen molar-refractivity contribution in [3.63, 3.8) is 0 Å². The second-order valence-electron chi connectivity index (χ2n) is 5.10. The van der Waals surface area contributed by atoms with Gasteiger partial charge in [0.25, 0.3) is 0 Å². The van der Waals surface area contributed by atoms with Crippen LogP contribution >= 0.6 is 0 Å². The molecule has 0 saturated heterocycles. The number of carboxylic acid groups (broad SMARTS) is 1. The van der Waals surface area contributed by atoms with Crippen LogP contribution in [0.4, 0.5) is 0 Å². The summed E-state index contributed by atoms with van der Waals surface area (Å²) in [4.78, 5) is 24.5. The number of carbonyl (C=O) groups excluding carboxylic acids is 1. The minimum Gasteiger partial charge on any atom is -0.481 e. The van der Waals surface area contributed by atoms with Crippen LogP contribution in [0.2, 0.25) is 0 Å².